The molecule has 20 N–H and O–H groups in total. The van der Waals surface area contributed by atoms with Gasteiger partial charge in [-0.25, -0.2) is 0 Å². The Kier molecular flexibility index (Phi) is 22.9. The molecule has 0 bridgehead atoms. The zero-order valence-electron chi connectivity index (χ0n) is 45.4. The minimum Gasteiger partial charge on any atom is -0.508 e. The number of hydrogen-bond acceptors (Lipinski definition) is 15. The van der Waals surface area contributed by atoms with Crippen LogP contribution in [0.15, 0.2) is 90.2 Å². The number of H-pyrrole nitrogens is 2. The van der Waals surface area contributed by atoms with Crippen molar-refractivity contribution in [3.05, 3.63) is 102 Å². The molecule has 5 rings (SSSR count). The van der Waals surface area contributed by atoms with Crippen LogP contribution in [0.5, 0.6) is 5.75 Å². The van der Waals surface area contributed by atoms with Gasteiger partial charge in [0.25, 0.3) is 0 Å². The van der Waals surface area contributed by atoms with Gasteiger partial charge in [-0.15, -0.1) is 0 Å². The van der Waals surface area contributed by atoms with Gasteiger partial charge in [0.2, 0.25) is 47.3 Å². The average Bonchev–Trinajstić information content (AvgIpc) is 4.07. The van der Waals surface area contributed by atoms with Crippen molar-refractivity contribution in [3.63, 3.8) is 0 Å². The van der Waals surface area contributed by atoms with Crippen LogP contribution in [0.25, 0.3) is 21.8 Å². The highest BCUT2D eigenvalue weighted by Gasteiger charge is 2.40. The van der Waals surface area contributed by atoms with Crippen LogP contribution in [-0.2, 0) is 51.2 Å². The predicted octanol–water partition coefficient (Wildman–Crippen LogP) is -1.40. The third-order valence-corrected chi connectivity index (χ3v) is 14.1. The van der Waals surface area contributed by atoms with E-state index < -0.39 is 118 Å². The lowest BCUT2D eigenvalue weighted by molar-refractivity contribution is -0.137. The minimum atomic E-state index is -1.79. The van der Waals surface area contributed by atoms with Gasteiger partial charge in [-0.3, -0.25) is 43.3 Å². The van der Waals surface area contributed by atoms with Crippen LogP contribution in [0.4, 0.5) is 0 Å². The molecule has 0 spiro atoms. The molecular weight excluding hydrogens is 1080 g/mol. The van der Waals surface area contributed by atoms with E-state index in [1.54, 1.807) is 43.6 Å². The zero-order valence-corrected chi connectivity index (χ0v) is 47.2. The Bertz CT molecular complexity index is 3050. The van der Waals surface area contributed by atoms with Crippen LogP contribution in [0.1, 0.15) is 70.1 Å². The van der Waals surface area contributed by atoms with Crippen LogP contribution in [0.3, 0.4) is 0 Å². The Morgan fingerprint density at radius 3 is 1.69 bits per heavy atom. The molecule has 0 aliphatic heterocycles. The van der Waals surface area contributed by atoms with Gasteiger partial charge in [-0.1, -0.05) is 55.5 Å². The van der Waals surface area contributed by atoms with E-state index in [-0.39, 0.29) is 49.7 Å². The summed E-state index contributed by atoms with van der Waals surface area (Å²) in [5.41, 5.74) is 26.3. The summed E-state index contributed by atoms with van der Waals surface area (Å²) < 4.78 is -1.36. The van der Waals surface area contributed by atoms with E-state index in [0.717, 1.165) is 16.5 Å². The number of primary amides is 1. The summed E-state index contributed by atoms with van der Waals surface area (Å²) in [7, 11) is 0. The molecule has 0 unspecified atom stereocenters. The second kappa shape index (κ2) is 29.0. The van der Waals surface area contributed by atoms with Crippen LogP contribution in [-0.4, -0.2) is 156 Å². The van der Waals surface area contributed by atoms with Crippen molar-refractivity contribution in [2.75, 3.05) is 12.3 Å². The van der Waals surface area contributed by atoms with E-state index in [0.29, 0.717) is 22.0 Å². The number of nitrogens with zero attached hydrogens (tertiary/aromatic N) is 1. The number of benzene rings is 3. The van der Waals surface area contributed by atoms with Gasteiger partial charge >= 0.3 is 0 Å². The fraction of sp³-hybridized carbons (Fsp3) is 0.426. The zero-order chi connectivity index (χ0) is 59.9. The Hall–Kier alpha value is -7.85. The largest absolute Gasteiger partial charge is 0.508 e. The summed E-state index contributed by atoms with van der Waals surface area (Å²) in [6.07, 6.45) is -0.156. The first-order chi connectivity index (χ1) is 38.2. The quantitative estimate of drug-likeness (QED) is 0.0113. The summed E-state index contributed by atoms with van der Waals surface area (Å²) in [5.74, 6) is -8.51. The molecule has 438 valence electrons. The number of aliphatic hydroxyl groups is 2. The Morgan fingerprint density at radius 1 is 0.617 bits per heavy atom. The van der Waals surface area contributed by atoms with Gasteiger partial charge < -0.3 is 85.4 Å². The Balaban J connectivity index is 1.44. The number of phenols is 1. The number of rotatable bonds is 29. The number of guanidine groups is 1. The highest BCUT2D eigenvalue weighted by atomic mass is 32.1. The maximum Gasteiger partial charge on any atom is 0.245 e. The molecule has 0 saturated heterocycles. The van der Waals surface area contributed by atoms with Crippen molar-refractivity contribution in [2.45, 2.75) is 132 Å². The van der Waals surface area contributed by atoms with Crippen LogP contribution < -0.4 is 60.2 Å². The summed E-state index contributed by atoms with van der Waals surface area (Å²) in [5, 5.41) is 50.6. The standard InChI is InChI=1S/C54H74N14O11S2/c1-26(34-24-61-36-14-9-7-12-33(34)36)41(55)50(77)65-40(25-80)49(76)63-38(21-29-16-18-31(71)19-17-29)47(74)64-39(22-30-23-60-35-13-8-6-11-32(30)35)48(75)62-37(15-10-20-59-53(57)58)46(73)67-43(28(3)70)51(78)68-44(54(4,5)81)52(79)66-42(27(2)69)45(56)72/h6-9,11-14,16-19,23-24,26-28,37-44,60-61,69-71,80-81H,10,15,20-22,25,55H2,1-5H3,(H2,56,72)(H,62,75)(H,63,76)(H,64,74)(H,65,77)(H,66,79)(H,67,73)(H,68,78)(H4,57,58,59)/t26-,27+,28+,37-,38-,39+,40-,41-,42-,43-,44+/m0/s1. The molecule has 0 fully saturated rings. The summed E-state index contributed by atoms with van der Waals surface area (Å²) in [6.45, 7) is 7.07. The summed E-state index contributed by atoms with van der Waals surface area (Å²) in [6, 6.07) is 8.65. The average molecular weight is 1160 g/mol. The van der Waals surface area contributed by atoms with E-state index in [4.69, 9.17) is 22.9 Å². The van der Waals surface area contributed by atoms with E-state index in [9.17, 15) is 53.7 Å². The van der Waals surface area contributed by atoms with Gasteiger partial charge in [0.15, 0.2) is 5.96 Å². The van der Waals surface area contributed by atoms with Crippen molar-refractivity contribution in [1.82, 2.24) is 47.2 Å². The van der Waals surface area contributed by atoms with Crippen LogP contribution in [0, 0.1) is 0 Å². The molecule has 81 heavy (non-hydrogen) atoms. The van der Waals surface area contributed by atoms with Gasteiger partial charge in [0.05, 0.1) is 18.2 Å². The molecule has 3 aromatic carbocycles. The molecule has 0 aliphatic rings. The van der Waals surface area contributed by atoms with Crippen molar-refractivity contribution < 1.29 is 53.7 Å². The highest BCUT2D eigenvalue weighted by molar-refractivity contribution is 7.81. The maximum atomic E-state index is 14.9. The lowest BCUT2D eigenvalue weighted by Gasteiger charge is -2.33. The van der Waals surface area contributed by atoms with Gasteiger partial charge in [-0.2, -0.15) is 25.3 Å². The fourth-order valence-electron chi connectivity index (χ4n) is 8.87. The number of fused-ring (bicyclic) bond motifs is 2. The van der Waals surface area contributed by atoms with Gasteiger partial charge in [0, 0.05) is 70.0 Å². The van der Waals surface area contributed by atoms with Crippen molar-refractivity contribution in [1.29, 1.82) is 0 Å². The van der Waals surface area contributed by atoms with Crippen molar-refractivity contribution in [3.8, 4) is 5.75 Å². The second-order valence-electron chi connectivity index (χ2n) is 20.4. The number of thiol groups is 2. The molecule has 0 radical (unpaired) electrons. The lowest BCUT2D eigenvalue weighted by atomic mass is 9.93. The second-order valence-corrected chi connectivity index (χ2v) is 21.9. The molecule has 0 aliphatic carbocycles. The van der Waals surface area contributed by atoms with Crippen LogP contribution >= 0.6 is 25.3 Å². The minimum absolute atomic E-state index is 0.0220. The van der Waals surface area contributed by atoms with E-state index in [1.807, 2.05) is 24.3 Å². The molecule has 2 aromatic heterocycles. The first-order valence-electron chi connectivity index (χ1n) is 26.0. The third-order valence-electron chi connectivity index (χ3n) is 13.5. The number of aromatic amines is 2. The number of hydrogen-bond donors (Lipinski definition) is 18. The first-order valence-corrected chi connectivity index (χ1v) is 27.1. The number of phenolic OH excluding ortho intramolecular Hbond substituents is 1. The molecule has 25 nitrogen and oxygen atoms in total. The number of carbonyl (C=O) groups excluding carboxylic acids is 8. The number of para-hydroxylation sites is 2. The van der Waals surface area contributed by atoms with E-state index in [2.05, 4.69) is 77.4 Å². The monoisotopic (exact) mass is 1160 g/mol. The molecule has 5 aromatic rings. The Labute approximate surface area is 478 Å². The number of aliphatic hydroxyl groups excluding tert-OH is 2. The van der Waals surface area contributed by atoms with Crippen molar-refractivity contribution in [2.24, 2.45) is 27.9 Å². The van der Waals surface area contributed by atoms with Crippen LogP contribution in [0.2, 0.25) is 0 Å². The topological polar surface area (TPSA) is 429 Å². The molecule has 11 atom stereocenters. The van der Waals surface area contributed by atoms with E-state index in [1.165, 1.54) is 52.0 Å². The lowest BCUT2D eigenvalue weighted by Crippen LogP contribution is -2.64. The maximum absolute atomic E-state index is 14.9. The molecular formula is C54H74N14O11S2. The SMILES string of the molecule is C[C@@H](O)[C@H](NC(=O)[C@@H](NC(=O)[C@@H](NC(=O)[C@H](CCCN=C(N)N)NC(=O)[C@@H](Cc1c[nH]c2ccccc12)NC(=O)[C@H](Cc1ccc(O)cc1)NC(=O)[C@H](CS)NC(=O)[C@@H](N)[C@@H](C)c1c[nH]c2ccccc12)[C@@H](C)O)C(C)(C)S)C(N)=O. The van der Waals surface area contributed by atoms with Gasteiger partial charge in [0.1, 0.15) is 48.0 Å². The Morgan fingerprint density at radius 2 is 1.12 bits per heavy atom. The summed E-state index contributed by atoms with van der Waals surface area (Å²) >= 11 is 8.81. The van der Waals surface area contributed by atoms with Gasteiger partial charge in [-0.05, 0) is 81.5 Å². The number of aromatic nitrogens is 2. The molecule has 8 amide bonds. The number of carbonyl (C=O) groups is 8. The molecule has 27 heteroatoms. The number of nitrogens with one attached hydrogen (secondary N) is 9. The van der Waals surface area contributed by atoms with E-state index >= 15 is 0 Å². The number of aliphatic imine (C=N–C) groups is 1. The number of amides is 8. The molecule has 0 saturated carbocycles. The first kappa shape index (κ1) is 64.0. The summed E-state index contributed by atoms with van der Waals surface area (Å²) in [4.78, 5) is 122. The normalized spacial score (nSPS) is 15.6. The number of nitrogens with two attached hydrogens (primary N) is 4. The fourth-order valence-corrected chi connectivity index (χ4v) is 9.31. The third kappa shape index (κ3) is 17.8. The smallest absolute Gasteiger partial charge is 0.245 e. The van der Waals surface area contributed by atoms with Crippen molar-refractivity contribution >= 4 is 100 Å². The predicted molar refractivity (Wildman–Crippen MR) is 311 cm³/mol. The molecule has 2 heterocycles. The number of aromatic hydroxyl groups is 1. The highest BCUT2D eigenvalue weighted by Crippen LogP contribution is 2.27.